The van der Waals surface area contributed by atoms with Crippen LogP contribution in [0.4, 0.5) is 5.69 Å². The van der Waals surface area contributed by atoms with Gasteiger partial charge in [-0.3, -0.25) is 4.72 Å². The van der Waals surface area contributed by atoms with Crippen molar-refractivity contribution in [3.63, 3.8) is 0 Å². The summed E-state index contributed by atoms with van der Waals surface area (Å²) in [5.41, 5.74) is 1.63. The predicted octanol–water partition coefficient (Wildman–Crippen LogP) is 2.09. The first kappa shape index (κ1) is 14.1. The molecular weight excluding hydrogens is 363 g/mol. The van der Waals surface area contributed by atoms with Crippen LogP contribution in [0.5, 0.6) is 0 Å². The zero-order valence-electron chi connectivity index (χ0n) is 10.2. The van der Waals surface area contributed by atoms with E-state index in [9.17, 15) is 8.42 Å². The minimum atomic E-state index is -3.29. The largest absolute Gasteiger partial charge is 0.315 e. The van der Waals surface area contributed by atoms with Gasteiger partial charge >= 0.3 is 0 Å². The Bertz CT molecular complexity index is 525. The van der Waals surface area contributed by atoms with Gasteiger partial charge in [-0.05, 0) is 66.6 Å². The average Bonchev–Trinajstić information content (AvgIpc) is 2.35. The first-order valence-electron chi connectivity index (χ1n) is 5.97. The maximum absolute atomic E-state index is 12.3. The van der Waals surface area contributed by atoms with Crippen molar-refractivity contribution in [2.75, 3.05) is 17.8 Å². The van der Waals surface area contributed by atoms with Gasteiger partial charge in [-0.2, -0.15) is 0 Å². The summed E-state index contributed by atoms with van der Waals surface area (Å²) < 4.78 is 28.3. The topological polar surface area (TPSA) is 58.2 Å². The fourth-order valence-corrected chi connectivity index (χ4v) is 4.02. The van der Waals surface area contributed by atoms with Crippen LogP contribution in [0, 0.1) is 10.5 Å². The molecular formula is C12H17IN2O2S. The highest BCUT2D eigenvalue weighted by Gasteiger charge is 2.27. The second-order valence-electron chi connectivity index (χ2n) is 4.57. The van der Waals surface area contributed by atoms with Gasteiger partial charge in [0.05, 0.1) is 10.9 Å². The lowest BCUT2D eigenvalue weighted by Gasteiger charge is -2.23. The second kappa shape index (κ2) is 5.75. The number of rotatable bonds is 3. The van der Waals surface area contributed by atoms with Gasteiger partial charge in [-0.25, -0.2) is 8.42 Å². The molecule has 6 heteroatoms. The zero-order valence-corrected chi connectivity index (χ0v) is 13.2. The van der Waals surface area contributed by atoms with Crippen LogP contribution in [-0.2, 0) is 10.0 Å². The van der Waals surface area contributed by atoms with E-state index >= 15 is 0 Å². The fraction of sp³-hybridized carbons (Fsp3) is 0.500. The molecule has 0 saturated carbocycles. The van der Waals surface area contributed by atoms with Crippen molar-refractivity contribution >= 4 is 38.3 Å². The smallest absolute Gasteiger partial charge is 0.236 e. The van der Waals surface area contributed by atoms with E-state index in [0.717, 1.165) is 28.5 Å². The SMILES string of the molecule is Cc1ccc(I)cc1NS(=O)(=O)C1CCCNC1. The van der Waals surface area contributed by atoms with Crippen molar-refractivity contribution in [1.82, 2.24) is 5.32 Å². The first-order valence-corrected chi connectivity index (χ1v) is 8.60. The van der Waals surface area contributed by atoms with Gasteiger partial charge in [-0.15, -0.1) is 0 Å². The molecule has 1 saturated heterocycles. The van der Waals surface area contributed by atoms with E-state index in [1.165, 1.54) is 0 Å². The molecule has 1 atom stereocenters. The summed E-state index contributed by atoms with van der Waals surface area (Å²) in [5, 5.41) is 2.80. The maximum Gasteiger partial charge on any atom is 0.236 e. The second-order valence-corrected chi connectivity index (χ2v) is 7.78. The third-order valence-corrected chi connectivity index (χ3v) is 5.60. The number of piperidine rings is 1. The summed E-state index contributed by atoms with van der Waals surface area (Å²) in [6.07, 6.45) is 1.64. The lowest BCUT2D eigenvalue weighted by molar-refractivity contribution is 0.499. The highest BCUT2D eigenvalue weighted by Crippen LogP contribution is 2.22. The molecule has 18 heavy (non-hydrogen) atoms. The van der Waals surface area contributed by atoms with E-state index < -0.39 is 10.0 Å². The minimum Gasteiger partial charge on any atom is -0.315 e. The van der Waals surface area contributed by atoms with Crippen LogP contribution in [0.3, 0.4) is 0 Å². The standard InChI is InChI=1S/C12H17IN2O2S/c1-9-4-5-10(13)7-12(9)15-18(16,17)11-3-2-6-14-8-11/h4-5,7,11,14-15H,2-3,6,8H2,1H3. The molecule has 1 unspecified atom stereocenters. The Hall–Kier alpha value is -0.340. The monoisotopic (exact) mass is 380 g/mol. The number of aryl methyl sites for hydroxylation is 1. The van der Waals surface area contributed by atoms with Gasteiger partial charge in [0.2, 0.25) is 10.0 Å². The molecule has 0 spiro atoms. The van der Waals surface area contributed by atoms with E-state index in [1.54, 1.807) is 0 Å². The Morgan fingerprint density at radius 3 is 2.89 bits per heavy atom. The normalized spacial score (nSPS) is 20.7. The van der Waals surface area contributed by atoms with Gasteiger partial charge in [0.15, 0.2) is 0 Å². The zero-order chi connectivity index (χ0) is 13.2. The molecule has 0 radical (unpaired) electrons. The highest BCUT2D eigenvalue weighted by atomic mass is 127. The minimum absolute atomic E-state index is 0.330. The molecule has 1 aromatic carbocycles. The van der Waals surface area contributed by atoms with E-state index in [2.05, 4.69) is 32.6 Å². The average molecular weight is 380 g/mol. The maximum atomic E-state index is 12.3. The Kier molecular flexibility index (Phi) is 4.50. The summed E-state index contributed by atoms with van der Waals surface area (Å²) in [4.78, 5) is 0. The number of benzene rings is 1. The lowest BCUT2D eigenvalue weighted by atomic mass is 10.2. The van der Waals surface area contributed by atoms with Crippen molar-refractivity contribution in [1.29, 1.82) is 0 Å². The van der Waals surface area contributed by atoms with Gasteiger partial charge in [0.25, 0.3) is 0 Å². The molecule has 0 aromatic heterocycles. The Labute approximate surface area is 122 Å². The van der Waals surface area contributed by atoms with E-state index in [4.69, 9.17) is 0 Å². The van der Waals surface area contributed by atoms with E-state index in [-0.39, 0.29) is 5.25 Å². The van der Waals surface area contributed by atoms with E-state index in [1.807, 2.05) is 25.1 Å². The molecule has 1 fully saturated rings. The highest BCUT2D eigenvalue weighted by molar-refractivity contribution is 14.1. The third-order valence-electron chi connectivity index (χ3n) is 3.14. The molecule has 1 aromatic rings. The van der Waals surface area contributed by atoms with E-state index in [0.29, 0.717) is 12.2 Å². The van der Waals surface area contributed by atoms with Crippen molar-refractivity contribution in [2.45, 2.75) is 25.0 Å². The van der Waals surface area contributed by atoms with Crippen molar-refractivity contribution in [2.24, 2.45) is 0 Å². The molecule has 0 amide bonds. The molecule has 2 rings (SSSR count). The predicted molar refractivity (Wildman–Crippen MR) is 82.3 cm³/mol. The molecule has 0 aliphatic carbocycles. The molecule has 4 nitrogen and oxygen atoms in total. The Balaban J connectivity index is 2.18. The number of sulfonamides is 1. The van der Waals surface area contributed by atoms with Crippen LogP contribution in [0.2, 0.25) is 0 Å². The van der Waals surface area contributed by atoms with Crippen LogP contribution in [-0.4, -0.2) is 26.8 Å². The van der Waals surface area contributed by atoms with Crippen molar-refractivity contribution in [3.8, 4) is 0 Å². The molecule has 1 aliphatic heterocycles. The number of hydrogen-bond donors (Lipinski definition) is 2. The number of hydrogen-bond acceptors (Lipinski definition) is 3. The molecule has 100 valence electrons. The first-order chi connectivity index (χ1) is 8.49. The van der Waals surface area contributed by atoms with Gasteiger partial charge < -0.3 is 5.32 Å². The van der Waals surface area contributed by atoms with Crippen LogP contribution in [0.25, 0.3) is 0 Å². The summed E-state index contributed by atoms with van der Waals surface area (Å²) in [5.74, 6) is 0. The van der Waals surface area contributed by atoms with Crippen molar-refractivity contribution in [3.05, 3.63) is 27.3 Å². The Morgan fingerprint density at radius 2 is 2.22 bits per heavy atom. The van der Waals surface area contributed by atoms with Gasteiger partial charge in [0.1, 0.15) is 0 Å². The molecule has 1 heterocycles. The summed E-state index contributed by atoms with van der Waals surface area (Å²) in [6, 6.07) is 5.76. The third kappa shape index (κ3) is 3.36. The van der Waals surface area contributed by atoms with Crippen LogP contribution < -0.4 is 10.0 Å². The molecule has 0 bridgehead atoms. The van der Waals surface area contributed by atoms with Gasteiger partial charge in [0, 0.05) is 10.1 Å². The fourth-order valence-electron chi connectivity index (χ4n) is 2.03. The summed E-state index contributed by atoms with van der Waals surface area (Å²) in [6.45, 7) is 3.36. The summed E-state index contributed by atoms with van der Waals surface area (Å²) >= 11 is 2.18. The van der Waals surface area contributed by atoms with Crippen LogP contribution >= 0.6 is 22.6 Å². The van der Waals surface area contributed by atoms with Crippen LogP contribution in [0.1, 0.15) is 18.4 Å². The quantitative estimate of drug-likeness (QED) is 0.790. The lowest BCUT2D eigenvalue weighted by Crippen LogP contribution is -2.41. The number of anilines is 1. The molecule has 1 aliphatic rings. The van der Waals surface area contributed by atoms with Crippen molar-refractivity contribution < 1.29 is 8.42 Å². The Morgan fingerprint density at radius 1 is 1.44 bits per heavy atom. The number of nitrogens with one attached hydrogen (secondary N) is 2. The number of halogens is 1. The molecule has 2 N–H and O–H groups in total. The van der Waals surface area contributed by atoms with Gasteiger partial charge in [-0.1, -0.05) is 6.07 Å². The summed E-state index contributed by atoms with van der Waals surface area (Å²) in [7, 11) is -3.29. The van der Waals surface area contributed by atoms with Crippen LogP contribution in [0.15, 0.2) is 18.2 Å².